The van der Waals surface area contributed by atoms with E-state index < -0.39 is 18.0 Å². The maximum absolute atomic E-state index is 12.5. The van der Waals surface area contributed by atoms with Gasteiger partial charge in [0.1, 0.15) is 0 Å². The standard InChI is InChI=1S/C20H18Cl2N2O4/c21-15-7-4-8-16(22)14(15)9-10-18(25)23-17(13-5-2-1-3-6-13)11-24-19(26)12-28-20(24)27/h1-8,17H,9-12H2,(H,23,25). The molecule has 6 nitrogen and oxygen atoms in total. The lowest BCUT2D eigenvalue weighted by Gasteiger charge is -2.23. The Balaban J connectivity index is 1.69. The van der Waals surface area contributed by atoms with Crippen molar-refractivity contribution < 1.29 is 19.1 Å². The molecule has 2 aromatic carbocycles. The van der Waals surface area contributed by atoms with Crippen LogP contribution in [0.25, 0.3) is 0 Å². The molecule has 3 amide bonds. The first-order chi connectivity index (χ1) is 13.5. The summed E-state index contributed by atoms with van der Waals surface area (Å²) in [6.45, 7) is -0.278. The quantitative estimate of drug-likeness (QED) is 0.739. The van der Waals surface area contributed by atoms with Gasteiger partial charge in [-0.3, -0.25) is 9.59 Å². The molecule has 8 heteroatoms. The molecule has 0 aromatic heterocycles. The fourth-order valence-electron chi connectivity index (χ4n) is 2.94. The van der Waals surface area contributed by atoms with E-state index in [0.717, 1.165) is 10.5 Å². The summed E-state index contributed by atoms with van der Waals surface area (Å²) < 4.78 is 4.75. The summed E-state index contributed by atoms with van der Waals surface area (Å²) in [6.07, 6.45) is -0.176. The van der Waals surface area contributed by atoms with Gasteiger partial charge in [-0.15, -0.1) is 0 Å². The van der Waals surface area contributed by atoms with Gasteiger partial charge in [0.05, 0.1) is 12.6 Å². The van der Waals surface area contributed by atoms with E-state index in [0.29, 0.717) is 22.0 Å². The Hall–Kier alpha value is -2.57. The summed E-state index contributed by atoms with van der Waals surface area (Å²) in [6, 6.07) is 13.8. The number of imide groups is 1. The molecule has 2 aromatic rings. The van der Waals surface area contributed by atoms with Crippen molar-refractivity contribution in [3.63, 3.8) is 0 Å². The Labute approximate surface area is 172 Å². The molecule has 0 saturated carbocycles. The molecule has 0 spiro atoms. The molecule has 146 valence electrons. The van der Waals surface area contributed by atoms with Crippen LogP contribution >= 0.6 is 23.2 Å². The van der Waals surface area contributed by atoms with Crippen molar-refractivity contribution in [3.05, 3.63) is 69.7 Å². The number of benzene rings is 2. The number of nitrogens with zero attached hydrogens (tertiary/aromatic N) is 1. The number of carbonyl (C=O) groups excluding carboxylic acids is 3. The maximum atomic E-state index is 12.5. The molecule has 1 aliphatic rings. The zero-order valence-electron chi connectivity index (χ0n) is 14.9. The highest BCUT2D eigenvalue weighted by Crippen LogP contribution is 2.25. The van der Waals surface area contributed by atoms with Crippen LogP contribution in [-0.2, 0) is 20.7 Å². The Morgan fingerprint density at radius 1 is 1.07 bits per heavy atom. The molecule has 1 atom stereocenters. The van der Waals surface area contributed by atoms with Gasteiger partial charge in [-0.05, 0) is 29.7 Å². The lowest BCUT2D eigenvalue weighted by Crippen LogP contribution is -2.40. The maximum Gasteiger partial charge on any atom is 0.417 e. The van der Waals surface area contributed by atoms with Gasteiger partial charge in [0.25, 0.3) is 5.91 Å². The highest BCUT2D eigenvalue weighted by Gasteiger charge is 2.33. The van der Waals surface area contributed by atoms with Crippen molar-refractivity contribution in [2.45, 2.75) is 18.9 Å². The first kappa shape index (κ1) is 20.2. The van der Waals surface area contributed by atoms with Crippen LogP contribution in [0.4, 0.5) is 4.79 Å². The molecule has 1 N–H and O–H groups in total. The van der Waals surface area contributed by atoms with Crippen LogP contribution in [0.5, 0.6) is 0 Å². The highest BCUT2D eigenvalue weighted by atomic mass is 35.5. The predicted octanol–water partition coefficient (Wildman–Crippen LogP) is 3.76. The second-order valence-electron chi connectivity index (χ2n) is 6.29. The van der Waals surface area contributed by atoms with Gasteiger partial charge in [-0.1, -0.05) is 59.6 Å². The second-order valence-corrected chi connectivity index (χ2v) is 7.10. The van der Waals surface area contributed by atoms with Crippen molar-refractivity contribution in [2.24, 2.45) is 0 Å². The molecule has 1 fully saturated rings. The fourth-order valence-corrected chi connectivity index (χ4v) is 3.52. The molecule has 1 aliphatic heterocycles. The van der Waals surface area contributed by atoms with E-state index in [2.05, 4.69) is 5.32 Å². The molecule has 0 radical (unpaired) electrons. The van der Waals surface area contributed by atoms with Gasteiger partial charge in [0.15, 0.2) is 6.61 Å². The summed E-state index contributed by atoms with van der Waals surface area (Å²) in [4.78, 5) is 37.2. The number of nitrogens with one attached hydrogen (secondary N) is 1. The van der Waals surface area contributed by atoms with Crippen LogP contribution in [-0.4, -0.2) is 36.0 Å². The monoisotopic (exact) mass is 420 g/mol. The van der Waals surface area contributed by atoms with Gasteiger partial charge >= 0.3 is 6.09 Å². The van der Waals surface area contributed by atoms with E-state index in [1.807, 2.05) is 30.3 Å². The smallest absolute Gasteiger partial charge is 0.417 e. The molecule has 3 rings (SSSR count). The molecule has 28 heavy (non-hydrogen) atoms. The van der Waals surface area contributed by atoms with Crippen LogP contribution in [0.1, 0.15) is 23.6 Å². The molecular formula is C20H18Cl2N2O4. The summed E-state index contributed by atoms with van der Waals surface area (Å²) in [5.41, 5.74) is 1.48. The number of cyclic esters (lactones) is 1. The minimum absolute atomic E-state index is 0.000267. The first-order valence-electron chi connectivity index (χ1n) is 8.70. The van der Waals surface area contributed by atoms with Crippen LogP contribution < -0.4 is 5.32 Å². The Bertz CT molecular complexity index is 853. The van der Waals surface area contributed by atoms with E-state index in [-0.39, 0.29) is 25.5 Å². The van der Waals surface area contributed by atoms with Crippen LogP contribution in [0.2, 0.25) is 10.0 Å². The zero-order chi connectivity index (χ0) is 20.1. The summed E-state index contributed by atoms with van der Waals surface area (Å²) in [7, 11) is 0. The third-order valence-corrected chi connectivity index (χ3v) is 5.11. The Morgan fingerprint density at radius 2 is 1.75 bits per heavy atom. The van der Waals surface area contributed by atoms with E-state index in [4.69, 9.17) is 27.9 Å². The molecular weight excluding hydrogens is 403 g/mol. The van der Waals surface area contributed by atoms with Gasteiger partial charge in [-0.2, -0.15) is 0 Å². The average molecular weight is 421 g/mol. The molecule has 1 heterocycles. The minimum Gasteiger partial charge on any atom is -0.439 e. The highest BCUT2D eigenvalue weighted by molar-refractivity contribution is 6.36. The van der Waals surface area contributed by atoms with Gasteiger partial charge in [0, 0.05) is 16.5 Å². The van der Waals surface area contributed by atoms with E-state index >= 15 is 0 Å². The zero-order valence-corrected chi connectivity index (χ0v) is 16.4. The number of hydrogen-bond acceptors (Lipinski definition) is 4. The predicted molar refractivity (Wildman–Crippen MR) is 105 cm³/mol. The second kappa shape index (κ2) is 9.08. The number of rotatable bonds is 7. The largest absolute Gasteiger partial charge is 0.439 e. The van der Waals surface area contributed by atoms with Crippen LogP contribution in [0.15, 0.2) is 48.5 Å². The Morgan fingerprint density at radius 3 is 2.36 bits per heavy atom. The molecule has 1 saturated heterocycles. The van der Waals surface area contributed by atoms with Crippen molar-refractivity contribution in [1.82, 2.24) is 10.2 Å². The topological polar surface area (TPSA) is 75.7 Å². The molecule has 1 unspecified atom stereocenters. The summed E-state index contributed by atoms with van der Waals surface area (Å²) >= 11 is 12.3. The number of hydrogen-bond donors (Lipinski definition) is 1. The van der Waals surface area contributed by atoms with Crippen LogP contribution in [0.3, 0.4) is 0 Å². The van der Waals surface area contributed by atoms with Gasteiger partial charge in [0.2, 0.25) is 5.91 Å². The average Bonchev–Trinajstić information content (AvgIpc) is 2.99. The minimum atomic E-state index is -0.706. The Kier molecular flexibility index (Phi) is 6.54. The normalized spacial score (nSPS) is 14.7. The van der Waals surface area contributed by atoms with E-state index in [9.17, 15) is 14.4 Å². The lowest BCUT2D eigenvalue weighted by atomic mass is 10.1. The van der Waals surface area contributed by atoms with Crippen molar-refractivity contribution in [2.75, 3.05) is 13.2 Å². The number of amides is 3. The van der Waals surface area contributed by atoms with Gasteiger partial charge < -0.3 is 10.1 Å². The lowest BCUT2D eigenvalue weighted by molar-refractivity contribution is -0.127. The van der Waals surface area contributed by atoms with Crippen molar-refractivity contribution in [3.8, 4) is 0 Å². The third-order valence-electron chi connectivity index (χ3n) is 4.41. The number of carbonyl (C=O) groups is 3. The van der Waals surface area contributed by atoms with Crippen molar-refractivity contribution >= 4 is 41.1 Å². The SMILES string of the molecule is O=C(CCc1c(Cl)cccc1Cl)NC(CN1C(=O)COC1=O)c1ccccc1. The number of halogens is 2. The fraction of sp³-hybridized carbons (Fsp3) is 0.250. The van der Waals surface area contributed by atoms with E-state index in [1.54, 1.807) is 18.2 Å². The molecule has 0 aliphatic carbocycles. The van der Waals surface area contributed by atoms with Crippen LogP contribution in [0, 0.1) is 0 Å². The third kappa shape index (κ3) is 4.82. The first-order valence-corrected chi connectivity index (χ1v) is 9.45. The summed E-state index contributed by atoms with van der Waals surface area (Å²) in [5, 5.41) is 3.89. The van der Waals surface area contributed by atoms with E-state index in [1.165, 1.54) is 0 Å². The number of ether oxygens (including phenoxy) is 1. The van der Waals surface area contributed by atoms with Crippen molar-refractivity contribution in [1.29, 1.82) is 0 Å². The molecule has 0 bridgehead atoms. The van der Waals surface area contributed by atoms with Gasteiger partial charge in [-0.25, -0.2) is 9.69 Å². The summed E-state index contributed by atoms with van der Waals surface area (Å²) in [5.74, 6) is -0.673.